The zero-order valence-electron chi connectivity index (χ0n) is 46.1. The number of hydrogen-bond donors (Lipinski definition) is 5. The van der Waals surface area contributed by atoms with Gasteiger partial charge in [0.25, 0.3) is 20.2 Å². The Balaban J connectivity index is -0.000000292. The zero-order chi connectivity index (χ0) is 60.3. The second kappa shape index (κ2) is 69.3. The number of aliphatic hydroxyl groups excluding tert-OH is 4. The summed E-state index contributed by atoms with van der Waals surface area (Å²) in [5.41, 5.74) is 30.9. The molecule has 0 saturated carbocycles. The van der Waals surface area contributed by atoms with Gasteiger partial charge in [0.15, 0.2) is 0 Å². The lowest BCUT2D eigenvalue weighted by molar-refractivity contribution is 0.0220. The van der Waals surface area contributed by atoms with E-state index in [1.54, 1.807) is 24.3 Å². The first kappa shape index (κ1) is 84.8. The van der Waals surface area contributed by atoms with Crippen LogP contribution in [0.4, 0.5) is 0 Å². The number of ether oxygens (including phenoxy) is 10. The van der Waals surface area contributed by atoms with E-state index in [-0.39, 0.29) is 94.8 Å². The molecular weight excluding hydrogens is 1140 g/mol. The number of rotatable bonds is 43. The molecule has 0 bridgehead atoms. The lowest BCUT2D eigenvalue weighted by Crippen LogP contribution is -2.13. The lowest BCUT2D eigenvalue weighted by Gasteiger charge is -2.06. The van der Waals surface area contributed by atoms with Crippen LogP contribution in [-0.4, -0.2) is 235 Å². The molecule has 30 nitrogen and oxygen atoms in total. The molecule has 0 heterocycles. The molecule has 0 saturated heterocycles. The van der Waals surface area contributed by atoms with Gasteiger partial charge in [0.05, 0.1) is 168 Å². The maximum Gasteiger partial charge on any atom is 0.297 e. The fourth-order valence-corrected chi connectivity index (χ4v) is 6.08. The Morgan fingerprint density at radius 1 is 0.432 bits per heavy atom. The minimum atomic E-state index is -3.74. The highest BCUT2D eigenvalue weighted by Crippen LogP contribution is 2.14. The molecule has 2 aromatic rings. The van der Waals surface area contributed by atoms with Gasteiger partial charge in [-0.1, -0.05) is 62.6 Å². The van der Waals surface area contributed by atoms with E-state index in [1.165, 1.54) is 24.3 Å². The van der Waals surface area contributed by atoms with Gasteiger partial charge in [0.2, 0.25) is 0 Å². The molecule has 0 unspecified atom stereocenters. The molecule has 0 aliphatic rings. The van der Waals surface area contributed by atoms with Crippen LogP contribution in [-0.2, 0) is 76.0 Å². The second-order valence-corrected chi connectivity index (χ2v) is 17.4. The Labute approximate surface area is 482 Å². The van der Waals surface area contributed by atoms with E-state index < -0.39 is 20.2 Å². The maximum atomic E-state index is 11.7. The van der Waals surface area contributed by atoms with Crippen molar-refractivity contribution in [1.29, 1.82) is 0 Å². The van der Waals surface area contributed by atoms with Crippen LogP contribution in [0.5, 0.6) is 0 Å². The molecule has 0 aliphatic carbocycles. The molecule has 2 aromatic carbocycles. The van der Waals surface area contributed by atoms with Crippen molar-refractivity contribution in [2.45, 2.75) is 23.6 Å². The van der Waals surface area contributed by atoms with Crippen molar-refractivity contribution in [3.8, 4) is 24.7 Å². The minimum Gasteiger partial charge on any atom is -0.394 e. The van der Waals surface area contributed by atoms with Crippen molar-refractivity contribution in [2.24, 2.45) is 21.1 Å². The quantitative estimate of drug-likeness (QED) is 0.0159. The number of terminal acetylenes is 2. The first-order chi connectivity index (χ1) is 38.8. The van der Waals surface area contributed by atoms with E-state index in [2.05, 4.69) is 46.7 Å². The molecule has 2 rings (SSSR count). The summed E-state index contributed by atoms with van der Waals surface area (Å²) in [6.07, 6.45) is 9.96. The van der Waals surface area contributed by atoms with E-state index >= 15 is 0 Å². The molecule has 81 heavy (non-hydrogen) atoms. The Bertz CT molecular complexity index is 2150. The van der Waals surface area contributed by atoms with E-state index in [0.717, 1.165) is 11.1 Å². The Hall–Kier alpha value is -5.00. The van der Waals surface area contributed by atoms with E-state index in [1.807, 2.05) is 13.8 Å². The van der Waals surface area contributed by atoms with Crippen LogP contribution in [0.1, 0.15) is 11.1 Å². The van der Waals surface area contributed by atoms with Crippen molar-refractivity contribution >= 4 is 32.6 Å². The fourth-order valence-electron chi connectivity index (χ4n) is 4.29. The predicted molar refractivity (Wildman–Crippen MR) is 301 cm³/mol. The molecule has 33 heteroatoms. The van der Waals surface area contributed by atoms with Crippen LogP contribution in [0.15, 0.2) is 73.7 Å². The van der Waals surface area contributed by atoms with Crippen LogP contribution in [0.3, 0.4) is 0 Å². The zero-order valence-corrected chi connectivity index (χ0v) is 48.6. The lowest BCUT2D eigenvalue weighted by atomic mass is 10.2. The van der Waals surface area contributed by atoms with Crippen LogP contribution in [0, 0.1) is 38.5 Å². The van der Waals surface area contributed by atoms with E-state index in [9.17, 15) is 16.8 Å². The summed E-state index contributed by atoms with van der Waals surface area (Å²) in [6.45, 7) is 12.8. The third kappa shape index (κ3) is 67.4. The normalized spacial score (nSPS) is 10.1. The standard InChI is InChI=1S/C11H15N3O4S.C11H16O5S.C9H15N3O3.C9H17NO3.C4H9N3O2.C4H10O3.ClH/c1-10-2-4-11(5-3-10)19(15,16)18-9-8-17-7-6-13-14-12;1-10-2-4-11(5-3-10)17(13,14)16-9-8-15-7-6-12;1-2-4-13-6-8-15-9-7-14-5-3-11-12-10;1-2-4-11-6-8-13-9-7-12-5-3-10;5-7-6-1-3-9-4-2-8;5-1-3-7-4-2-6;/h2-5H,6-9H2,1H3;2-5,12H,6-9H2,1H3;1H,3-9H2;1H,3-10H2;8H,1-4H2;5-6H,1-4H2;1H. The van der Waals surface area contributed by atoms with Crippen LogP contribution in [0.2, 0.25) is 0 Å². The molecule has 0 aliphatic heterocycles. The first-order valence-electron chi connectivity index (χ1n) is 24.5. The average Bonchev–Trinajstić information content (AvgIpc) is 3.45. The molecule has 0 radical (unpaired) electrons. The van der Waals surface area contributed by atoms with Gasteiger partial charge in [0, 0.05) is 40.9 Å². The number of benzene rings is 2. The van der Waals surface area contributed by atoms with E-state index in [0.29, 0.717) is 125 Å². The largest absolute Gasteiger partial charge is 0.394 e. The minimum absolute atomic E-state index is 0. The second-order valence-electron chi connectivity index (χ2n) is 14.1. The van der Waals surface area contributed by atoms with Gasteiger partial charge in [-0.05, 0) is 54.7 Å². The predicted octanol–water partition coefficient (Wildman–Crippen LogP) is 3.06. The number of halogens is 1. The third-order valence-electron chi connectivity index (χ3n) is 7.81. The summed E-state index contributed by atoms with van der Waals surface area (Å²) < 4.78 is 106. The van der Waals surface area contributed by atoms with Crippen molar-refractivity contribution in [3.63, 3.8) is 0 Å². The van der Waals surface area contributed by atoms with Crippen LogP contribution >= 0.6 is 12.4 Å². The topological polar surface area (TPSA) is 432 Å². The number of nitrogens with zero attached hydrogens (tertiary/aromatic N) is 9. The first-order valence-corrected chi connectivity index (χ1v) is 27.3. The SMILES string of the molecule is C#CCOCCOCCOCCN.C#CCOCCOCCOCCN=[N+]=[N-].Cc1ccc(S(=O)(=O)OCCOCCN=[N+]=[N-])cc1.Cc1ccc(S(=O)(=O)OCCOCCO)cc1.Cl.OCCOCCO.[N-]=[N+]=NCCOCCO. The summed E-state index contributed by atoms with van der Waals surface area (Å²) in [5, 5.41) is 42.6. The van der Waals surface area contributed by atoms with Crippen LogP contribution < -0.4 is 5.73 Å². The Morgan fingerprint density at radius 3 is 0.963 bits per heavy atom. The Morgan fingerprint density at radius 2 is 0.679 bits per heavy atom. The van der Waals surface area contributed by atoms with Gasteiger partial charge in [-0.15, -0.1) is 25.3 Å². The van der Waals surface area contributed by atoms with Gasteiger partial charge in [0.1, 0.15) is 13.2 Å². The number of aliphatic hydroxyl groups is 4. The molecule has 0 aromatic heterocycles. The molecule has 0 fully saturated rings. The monoisotopic (exact) mass is 1220 g/mol. The van der Waals surface area contributed by atoms with Crippen molar-refractivity contribution in [3.05, 3.63) is 91.0 Å². The summed E-state index contributed by atoms with van der Waals surface area (Å²) in [7, 11) is -7.44. The molecule has 6 N–H and O–H groups in total. The van der Waals surface area contributed by atoms with Gasteiger partial charge in [-0.3, -0.25) is 8.37 Å². The highest BCUT2D eigenvalue weighted by atomic mass is 35.5. The highest BCUT2D eigenvalue weighted by molar-refractivity contribution is 7.87. The average molecular weight is 1220 g/mol. The number of hydrogen-bond acceptors (Lipinski definition) is 24. The smallest absolute Gasteiger partial charge is 0.297 e. The van der Waals surface area contributed by atoms with Crippen LogP contribution in [0.25, 0.3) is 31.3 Å². The molecule has 0 amide bonds. The molecule has 0 atom stereocenters. The van der Waals surface area contributed by atoms with E-state index in [4.69, 9.17) is 107 Å². The summed E-state index contributed by atoms with van der Waals surface area (Å²) in [4.78, 5) is 7.91. The maximum absolute atomic E-state index is 11.7. The van der Waals surface area contributed by atoms with Gasteiger partial charge >= 0.3 is 0 Å². The number of nitrogens with two attached hydrogens (primary N) is 1. The molecule has 464 valence electrons. The van der Waals surface area contributed by atoms with Crippen molar-refractivity contribution < 1.29 is 93.0 Å². The summed E-state index contributed by atoms with van der Waals surface area (Å²) >= 11 is 0. The number of azide groups is 3. The van der Waals surface area contributed by atoms with Gasteiger partial charge in [-0.25, -0.2) is 0 Å². The molecular formula is C48H83ClN10O20S2. The third-order valence-corrected chi connectivity index (χ3v) is 10.5. The fraction of sp³-hybridized carbons (Fsp3) is 0.667. The molecule has 0 spiro atoms. The summed E-state index contributed by atoms with van der Waals surface area (Å²) in [6, 6.07) is 12.8. The van der Waals surface area contributed by atoms with Gasteiger partial charge < -0.3 is 73.5 Å². The van der Waals surface area contributed by atoms with Crippen molar-refractivity contribution in [2.75, 3.05) is 198 Å². The Kier molecular flexibility index (Phi) is 72.5. The van der Waals surface area contributed by atoms with Gasteiger partial charge in [-0.2, -0.15) is 16.8 Å². The summed E-state index contributed by atoms with van der Waals surface area (Å²) in [5.74, 6) is 4.73. The highest BCUT2D eigenvalue weighted by Gasteiger charge is 2.15. The van der Waals surface area contributed by atoms with Crippen molar-refractivity contribution in [1.82, 2.24) is 0 Å². The number of aryl methyl sites for hydroxylation is 2.